The Morgan fingerprint density at radius 1 is 0.489 bits per heavy atom. The van der Waals surface area contributed by atoms with E-state index in [9.17, 15) is 0 Å². The van der Waals surface area contributed by atoms with Crippen LogP contribution in [0.2, 0.25) is 0 Å². The van der Waals surface area contributed by atoms with E-state index in [1.807, 2.05) is 0 Å². The zero-order chi connectivity index (χ0) is 32.1. The molecule has 2 aliphatic heterocycles. The molecule has 2 rings (SSSR count). The van der Waals surface area contributed by atoms with E-state index in [1.165, 1.54) is 141 Å². The Kier molecular flexibility index (Phi) is 24.8. The minimum absolute atomic E-state index is 0.296. The lowest BCUT2D eigenvalue weighted by atomic mass is 9.99. The van der Waals surface area contributed by atoms with Crippen molar-refractivity contribution < 1.29 is 9.47 Å². The smallest absolute Gasteiger partial charge is 0.171 e. The molecule has 2 heterocycles. The van der Waals surface area contributed by atoms with Crippen molar-refractivity contribution in [3.05, 3.63) is 48.6 Å². The van der Waals surface area contributed by atoms with Crippen LogP contribution in [0, 0.1) is 0 Å². The highest BCUT2D eigenvalue weighted by atomic mass is 16.8. The number of unbranched alkanes of at least 4 members (excludes halogenated alkanes) is 16. The summed E-state index contributed by atoms with van der Waals surface area (Å²) in [6, 6.07) is 0. The zero-order valence-corrected chi connectivity index (χ0v) is 30.3. The normalized spacial score (nSPS) is 20.8. The topological polar surface area (TPSA) is 21.7 Å². The average Bonchev–Trinajstić information content (AvgIpc) is 3.39. The summed E-state index contributed by atoms with van der Waals surface area (Å²) in [6.45, 7) is 6.72. The fourth-order valence-corrected chi connectivity index (χ4v) is 6.73. The first-order valence-corrected chi connectivity index (χ1v) is 19.8. The quantitative estimate of drug-likeness (QED) is 0.0638. The maximum absolute atomic E-state index is 6.77. The number of hydrogen-bond donors (Lipinski definition) is 0. The molecule has 0 aromatic heterocycles. The minimum atomic E-state index is -0.296. The molecule has 260 valence electrons. The van der Waals surface area contributed by atoms with Crippen molar-refractivity contribution in [2.75, 3.05) is 20.1 Å². The Morgan fingerprint density at radius 3 is 1.24 bits per heavy atom. The summed E-state index contributed by atoms with van der Waals surface area (Å²) in [7, 11) is 2.22. The highest BCUT2D eigenvalue weighted by molar-refractivity contribution is 4.94. The molecule has 0 amide bonds. The Hall–Kier alpha value is -1.16. The number of ether oxygens (including phenoxy) is 2. The fraction of sp³-hybridized carbons (Fsp3) is 0.810. The van der Waals surface area contributed by atoms with Crippen molar-refractivity contribution in [2.45, 2.75) is 199 Å². The second-order valence-electron chi connectivity index (χ2n) is 14.1. The second kappa shape index (κ2) is 27.9. The molecule has 3 heteroatoms. The van der Waals surface area contributed by atoms with E-state index in [0.717, 1.165) is 38.8 Å². The molecule has 2 atom stereocenters. The lowest BCUT2D eigenvalue weighted by Gasteiger charge is -2.36. The lowest BCUT2D eigenvalue weighted by molar-refractivity contribution is -0.200. The monoisotopic (exact) mass is 626 g/mol. The van der Waals surface area contributed by atoms with Gasteiger partial charge in [-0.2, -0.15) is 0 Å². The van der Waals surface area contributed by atoms with Crippen molar-refractivity contribution in [3.63, 3.8) is 0 Å². The van der Waals surface area contributed by atoms with Gasteiger partial charge in [0, 0.05) is 25.9 Å². The van der Waals surface area contributed by atoms with E-state index < -0.39 is 0 Å². The molecular weight excluding hydrogens is 550 g/mol. The molecule has 45 heavy (non-hydrogen) atoms. The van der Waals surface area contributed by atoms with Gasteiger partial charge in [0.25, 0.3) is 0 Å². The lowest BCUT2D eigenvalue weighted by Crippen LogP contribution is -2.44. The highest BCUT2D eigenvalue weighted by Crippen LogP contribution is 2.40. The van der Waals surface area contributed by atoms with Crippen LogP contribution in [0.3, 0.4) is 0 Å². The summed E-state index contributed by atoms with van der Waals surface area (Å²) < 4.78 is 13.5. The van der Waals surface area contributed by atoms with Gasteiger partial charge in [-0.3, -0.25) is 0 Å². The molecule has 0 saturated carbocycles. The van der Waals surface area contributed by atoms with Gasteiger partial charge in [0.05, 0.1) is 12.2 Å². The maximum atomic E-state index is 6.77. The molecule has 0 aliphatic carbocycles. The van der Waals surface area contributed by atoms with Crippen LogP contribution < -0.4 is 0 Å². The molecule has 0 aromatic carbocycles. The van der Waals surface area contributed by atoms with Crippen LogP contribution in [0.15, 0.2) is 48.6 Å². The van der Waals surface area contributed by atoms with Gasteiger partial charge in [-0.25, -0.2) is 0 Å². The first-order chi connectivity index (χ1) is 22.2. The first-order valence-electron chi connectivity index (χ1n) is 19.8. The molecule has 0 radical (unpaired) electrons. The minimum Gasteiger partial charge on any atom is -0.344 e. The summed E-state index contributed by atoms with van der Waals surface area (Å²) in [6.07, 6.45) is 52.3. The van der Waals surface area contributed by atoms with Gasteiger partial charge in [-0.15, -0.1) is 0 Å². The van der Waals surface area contributed by atoms with Crippen molar-refractivity contribution >= 4 is 0 Å². The van der Waals surface area contributed by atoms with E-state index in [-0.39, 0.29) is 5.79 Å². The summed E-state index contributed by atoms with van der Waals surface area (Å²) in [4.78, 5) is 2.42. The zero-order valence-electron chi connectivity index (χ0n) is 30.3. The summed E-state index contributed by atoms with van der Waals surface area (Å²) in [5.74, 6) is -0.296. The van der Waals surface area contributed by atoms with Crippen LogP contribution in [0.5, 0.6) is 0 Å². The summed E-state index contributed by atoms with van der Waals surface area (Å²) in [5, 5.41) is 0. The molecule has 0 bridgehead atoms. The molecule has 2 unspecified atom stereocenters. The highest BCUT2D eigenvalue weighted by Gasteiger charge is 2.47. The molecule has 0 aromatic rings. The van der Waals surface area contributed by atoms with Gasteiger partial charge in [0.2, 0.25) is 0 Å². The maximum Gasteiger partial charge on any atom is 0.171 e. The van der Waals surface area contributed by atoms with Gasteiger partial charge < -0.3 is 14.4 Å². The van der Waals surface area contributed by atoms with Crippen LogP contribution in [-0.2, 0) is 9.47 Å². The molecule has 2 saturated heterocycles. The average molecular weight is 626 g/mol. The summed E-state index contributed by atoms with van der Waals surface area (Å²) in [5.41, 5.74) is 0. The largest absolute Gasteiger partial charge is 0.344 e. The molecular formula is C42H75NO2. The van der Waals surface area contributed by atoms with Crippen molar-refractivity contribution in [2.24, 2.45) is 0 Å². The van der Waals surface area contributed by atoms with E-state index in [0.29, 0.717) is 12.2 Å². The van der Waals surface area contributed by atoms with Gasteiger partial charge in [-0.1, -0.05) is 140 Å². The molecule has 3 nitrogen and oxygen atoms in total. The third-order valence-corrected chi connectivity index (χ3v) is 9.77. The predicted octanol–water partition coefficient (Wildman–Crippen LogP) is 12.8. The van der Waals surface area contributed by atoms with Crippen LogP contribution in [-0.4, -0.2) is 43.0 Å². The van der Waals surface area contributed by atoms with Crippen molar-refractivity contribution in [1.82, 2.24) is 4.90 Å². The van der Waals surface area contributed by atoms with E-state index in [1.54, 1.807) is 0 Å². The number of hydrogen-bond acceptors (Lipinski definition) is 3. The van der Waals surface area contributed by atoms with Crippen LogP contribution in [0.25, 0.3) is 0 Å². The van der Waals surface area contributed by atoms with Crippen molar-refractivity contribution in [3.8, 4) is 0 Å². The Balaban J connectivity index is 1.54. The third-order valence-electron chi connectivity index (χ3n) is 9.77. The van der Waals surface area contributed by atoms with Crippen LogP contribution >= 0.6 is 0 Å². The third kappa shape index (κ3) is 20.6. The van der Waals surface area contributed by atoms with Gasteiger partial charge in [0.15, 0.2) is 5.79 Å². The number of allylic oxidation sites excluding steroid dienone is 8. The first kappa shape index (κ1) is 40.0. The summed E-state index contributed by atoms with van der Waals surface area (Å²) >= 11 is 0. The Labute approximate surface area is 281 Å². The van der Waals surface area contributed by atoms with E-state index in [4.69, 9.17) is 9.47 Å². The molecule has 2 fully saturated rings. The molecule has 1 spiro atoms. The van der Waals surface area contributed by atoms with Gasteiger partial charge in [0.1, 0.15) is 0 Å². The van der Waals surface area contributed by atoms with Crippen LogP contribution in [0.1, 0.15) is 181 Å². The van der Waals surface area contributed by atoms with E-state index in [2.05, 4.69) is 74.4 Å². The second-order valence-corrected chi connectivity index (χ2v) is 14.1. The van der Waals surface area contributed by atoms with E-state index >= 15 is 0 Å². The van der Waals surface area contributed by atoms with Crippen LogP contribution in [0.4, 0.5) is 0 Å². The fourth-order valence-electron chi connectivity index (χ4n) is 6.73. The predicted molar refractivity (Wildman–Crippen MR) is 198 cm³/mol. The van der Waals surface area contributed by atoms with Crippen molar-refractivity contribution in [1.29, 1.82) is 0 Å². The molecule has 0 N–H and O–H groups in total. The standard InChI is InChI=1S/C42H75NO2/c1-4-6-8-10-12-14-16-18-20-22-24-26-28-30-32-34-40-41(45-42(44-40)36-38-43(3)39-37-42)35-33-31-29-27-25-23-21-19-17-15-13-11-9-7-5-2/h12-15,18-21,40-41H,4-11,16-17,22-39H2,1-3H3. The van der Waals surface area contributed by atoms with Gasteiger partial charge in [-0.05, 0) is 84.1 Å². The van der Waals surface area contributed by atoms with Gasteiger partial charge >= 0.3 is 0 Å². The number of piperidine rings is 1. The number of likely N-dealkylation sites (tertiary alicyclic amines) is 1. The Morgan fingerprint density at radius 2 is 0.844 bits per heavy atom. The number of nitrogens with zero attached hydrogens (tertiary/aromatic N) is 1. The SMILES string of the molecule is CCCCCC=CCC=CCCCCCCCC1OC2(CCN(C)CC2)OC1CCCCCCCC=CCC=CCCCCC. The molecule has 2 aliphatic rings. The number of rotatable bonds is 28. The Bertz CT molecular complexity index is 720.